The number of benzene rings is 2. The fraction of sp³-hybridized carbons (Fsp3) is 0.391. The van der Waals surface area contributed by atoms with Crippen LogP contribution in [0.3, 0.4) is 0 Å². The van der Waals surface area contributed by atoms with E-state index >= 15 is 0 Å². The van der Waals surface area contributed by atoms with Gasteiger partial charge in [-0.1, -0.05) is 43.1 Å². The van der Waals surface area contributed by atoms with E-state index < -0.39 is 0 Å². The number of halogens is 1. The van der Waals surface area contributed by atoms with E-state index in [2.05, 4.69) is 12.2 Å². The van der Waals surface area contributed by atoms with Crippen molar-refractivity contribution < 1.29 is 14.3 Å². The Balaban J connectivity index is 1.86. The number of hydrogen-bond acceptors (Lipinski definition) is 3. The molecule has 1 saturated heterocycles. The van der Waals surface area contributed by atoms with Crippen molar-refractivity contribution in [2.75, 3.05) is 26.7 Å². The molecule has 0 aliphatic carbocycles. The first-order valence-corrected chi connectivity index (χ1v) is 10.4. The topological polar surface area (TPSA) is 58.6 Å². The molecule has 1 aliphatic heterocycles. The Morgan fingerprint density at radius 3 is 2.55 bits per heavy atom. The molecule has 1 N–H and O–H groups in total. The summed E-state index contributed by atoms with van der Waals surface area (Å²) >= 11 is 5.95. The SMILES string of the molecule is CCCCNC(=O)[C@H]1CN(C(=O)c2ccc(Cl)cc2)C[C@@H]1c1ccccc1OC. The molecule has 29 heavy (non-hydrogen) atoms. The number of likely N-dealkylation sites (tertiary alicyclic amines) is 1. The van der Waals surface area contributed by atoms with Crippen LogP contribution in [0.4, 0.5) is 0 Å². The van der Waals surface area contributed by atoms with Gasteiger partial charge in [-0.15, -0.1) is 0 Å². The van der Waals surface area contributed by atoms with Gasteiger partial charge in [-0.05, 0) is 42.3 Å². The molecular formula is C23H27ClN2O3. The summed E-state index contributed by atoms with van der Waals surface area (Å²) in [5.74, 6) is 0.194. The number of carbonyl (C=O) groups excluding carboxylic acids is 2. The monoisotopic (exact) mass is 414 g/mol. The van der Waals surface area contributed by atoms with Crippen LogP contribution < -0.4 is 10.1 Å². The van der Waals surface area contributed by atoms with Crippen LogP contribution in [0.25, 0.3) is 0 Å². The van der Waals surface area contributed by atoms with Gasteiger partial charge in [0.25, 0.3) is 5.91 Å². The van der Waals surface area contributed by atoms with E-state index in [9.17, 15) is 9.59 Å². The summed E-state index contributed by atoms with van der Waals surface area (Å²) in [6.07, 6.45) is 1.95. The van der Waals surface area contributed by atoms with E-state index in [1.54, 1.807) is 36.3 Å². The van der Waals surface area contributed by atoms with Crippen LogP contribution in [-0.2, 0) is 4.79 Å². The van der Waals surface area contributed by atoms with Crippen molar-refractivity contribution in [3.63, 3.8) is 0 Å². The summed E-state index contributed by atoms with van der Waals surface area (Å²) in [5, 5.41) is 3.62. The van der Waals surface area contributed by atoms with Crippen molar-refractivity contribution in [3.05, 3.63) is 64.7 Å². The zero-order chi connectivity index (χ0) is 20.8. The van der Waals surface area contributed by atoms with Gasteiger partial charge in [0.2, 0.25) is 5.91 Å². The lowest BCUT2D eigenvalue weighted by molar-refractivity contribution is -0.124. The second-order valence-electron chi connectivity index (χ2n) is 7.32. The molecular weight excluding hydrogens is 388 g/mol. The summed E-state index contributed by atoms with van der Waals surface area (Å²) in [6, 6.07) is 14.6. The average Bonchev–Trinajstić information content (AvgIpc) is 3.19. The van der Waals surface area contributed by atoms with E-state index in [-0.39, 0.29) is 23.7 Å². The van der Waals surface area contributed by atoms with Crippen molar-refractivity contribution in [1.29, 1.82) is 0 Å². The van der Waals surface area contributed by atoms with E-state index in [4.69, 9.17) is 16.3 Å². The van der Waals surface area contributed by atoms with Crippen LogP contribution in [-0.4, -0.2) is 43.5 Å². The van der Waals surface area contributed by atoms with Gasteiger partial charge in [-0.25, -0.2) is 0 Å². The molecule has 154 valence electrons. The Morgan fingerprint density at radius 2 is 1.86 bits per heavy atom. The quantitative estimate of drug-likeness (QED) is 0.693. The minimum Gasteiger partial charge on any atom is -0.496 e. The van der Waals surface area contributed by atoms with Gasteiger partial charge in [0.05, 0.1) is 13.0 Å². The number of unbranched alkanes of at least 4 members (excludes halogenated alkanes) is 1. The van der Waals surface area contributed by atoms with Crippen molar-refractivity contribution in [2.24, 2.45) is 5.92 Å². The van der Waals surface area contributed by atoms with Crippen LogP contribution in [0.5, 0.6) is 5.75 Å². The number of ether oxygens (including phenoxy) is 1. The van der Waals surface area contributed by atoms with Gasteiger partial charge >= 0.3 is 0 Å². The smallest absolute Gasteiger partial charge is 0.253 e. The third-order valence-electron chi connectivity index (χ3n) is 5.40. The van der Waals surface area contributed by atoms with Gasteiger partial charge in [-0.3, -0.25) is 9.59 Å². The normalized spacial score (nSPS) is 18.5. The fourth-order valence-corrected chi connectivity index (χ4v) is 3.94. The summed E-state index contributed by atoms with van der Waals surface area (Å²) in [6.45, 7) is 3.58. The molecule has 0 unspecified atom stereocenters. The predicted molar refractivity (Wildman–Crippen MR) is 114 cm³/mol. The highest BCUT2D eigenvalue weighted by atomic mass is 35.5. The number of methoxy groups -OCH3 is 1. The standard InChI is InChI=1S/C23H27ClN2O3/c1-3-4-13-25-22(27)20-15-26(23(28)16-9-11-17(24)12-10-16)14-19(20)18-7-5-6-8-21(18)29-2/h5-12,19-20H,3-4,13-15H2,1-2H3,(H,25,27)/t19-,20+/m1/s1. The molecule has 1 heterocycles. The minimum absolute atomic E-state index is 0.0132. The molecule has 0 aromatic heterocycles. The highest BCUT2D eigenvalue weighted by molar-refractivity contribution is 6.30. The Kier molecular flexibility index (Phi) is 7.15. The molecule has 2 aromatic carbocycles. The molecule has 0 bridgehead atoms. The Morgan fingerprint density at radius 1 is 1.14 bits per heavy atom. The van der Waals surface area contributed by atoms with Crippen LogP contribution in [0.1, 0.15) is 41.6 Å². The molecule has 0 radical (unpaired) electrons. The summed E-state index contributed by atoms with van der Waals surface area (Å²) < 4.78 is 5.53. The van der Waals surface area contributed by atoms with Gasteiger partial charge in [-0.2, -0.15) is 0 Å². The number of carbonyl (C=O) groups is 2. The molecule has 6 heteroatoms. The lowest BCUT2D eigenvalue weighted by atomic mass is 9.87. The predicted octanol–water partition coefficient (Wildman–Crippen LogP) is 4.12. The third-order valence-corrected chi connectivity index (χ3v) is 5.65. The molecule has 1 aliphatic rings. The average molecular weight is 415 g/mol. The first kappa shape index (κ1) is 21.2. The lowest BCUT2D eigenvalue weighted by Gasteiger charge is -2.20. The summed E-state index contributed by atoms with van der Waals surface area (Å²) in [4.78, 5) is 27.7. The van der Waals surface area contributed by atoms with Crippen LogP contribution in [0.2, 0.25) is 5.02 Å². The second-order valence-corrected chi connectivity index (χ2v) is 7.75. The van der Waals surface area contributed by atoms with Crippen LogP contribution in [0.15, 0.2) is 48.5 Å². The van der Waals surface area contributed by atoms with Gasteiger partial charge in [0.15, 0.2) is 0 Å². The zero-order valence-corrected chi connectivity index (χ0v) is 17.6. The largest absolute Gasteiger partial charge is 0.496 e. The molecule has 1 fully saturated rings. The second kappa shape index (κ2) is 9.79. The molecule has 2 atom stereocenters. The van der Waals surface area contributed by atoms with Crippen molar-refractivity contribution in [1.82, 2.24) is 10.2 Å². The number of hydrogen-bond donors (Lipinski definition) is 1. The third kappa shape index (κ3) is 4.91. The lowest BCUT2D eigenvalue weighted by Crippen LogP contribution is -2.36. The van der Waals surface area contributed by atoms with E-state index in [0.29, 0.717) is 30.2 Å². The van der Waals surface area contributed by atoms with Crippen LogP contribution >= 0.6 is 11.6 Å². The Hall–Kier alpha value is -2.53. The number of amides is 2. The highest BCUT2D eigenvalue weighted by Crippen LogP contribution is 2.38. The summed E-state index contributed by atoms with van der Waals surface area (Å²) in [7, 11) is 1.63. The maximum absolute atomic E-state index is 13.0. The zero-order valence-electron chi connectivity index (χ0n) is 16.9. The van der Waals surface area contributed by atoms with Crippen molar-refractivity contribution >= 4 is 23.4 Å². The molecule has 2 aromatic rings. The van der Waals surface area contributed by atoms with Crippen molar-refractivity contribution in [2.45, 2.75) is 25.7 Å². The molecule has 3 rings (SSSR count). The van der Waals surface area contributed by atoms with Gasteiger partial charge in [0, 0.05) is 36.1 Å². The molecule has 0 saturated carbocycles. The molecule has 5 nitrogen and oxygen atoms in total. The number of rotatable bonds is 7. The number of nitrogens with one attached hydrogen (secondary N) is 1. The van der Waals surface area contributed by atoms with Gasteiger partial charge < -0.3 is 15.0 Å². The summed E-state index contributed by atoms with van der Waals surface area (Å²) in [5.41, 5.74) is 1.53. The maximum Gasteiger partial charge on any atom is 0.253 e. The minimum atomic E-state index is -0.320. The van der Waals surface area contributed by atoms with E-state index in [1.807, 2.05) is 24.3 Å². The van der Waals surface area contributed by atoms with Crippen molar-refractivity contribution in [3.8, 4) is 5.75 Å². The van der Waals surface area contributed by atoms with E-state index in [1.165, 1.54) is 0 Å². The highest BCUT2D eigenvalue weighted by Gasteiger charge is 2.41. The van der Waals surface area contributed by atoms with Gasteiger partial charge in [0.1, 0.15) is 5.75 Å². The number of nitrogens with zero attached hydrogens (tertiary/aromatic N) is 1. The Bertz CT molecular complexity index is 853. The first-order valence-electron chi connectivity index (χ1n) is 10.0. The Labute approximate surface area is 177 Å². The van der Waals surface area contributed by atoms with E-state index in [0.717, 1.165) is 24.2 Å². The first-order chi connectivity index (χ1) is 14.0. The molecule has 2 amide bonds. The maximum atomic E-state index is 13.0. The molecule has 0 spiro atoms. The fourth-order valence-electron chi connectivity index (χ4n) is 3.82. The van der Waals surface area contributed by atoms with Crippen LogP contribution in [0, 0.1) is 5.92 Å². The number of para-hydroxylation sites is 1.